The van der Waals surface area contributed by atoms with E-state index in [1.165, 1.54) is 6.20 Å². The molecular weight excluding hydrogens is 268 g/mol. The van der Waals surface area contributed by atoms with E-state index >= 15 is 0 Å². The Morgan fingerprint density at radius 2 is 2.00 bits per heavy atom. The second-order valence-corrected chi connectivity index (χ2v) is 4.31. The molecule has 19 heavy (non-hydrogen) atoms. The molecular formula is C12H11ClN4O2. The number of aromatic amines is 1. The van der Waals surface area contributed by atoms with Crippen molar-refractivity contribution in [1.82, 2.24) is 10.2 Å². The maximum Gasteiger partial charge on any atom is 0.254 e. The third-order valence-corrected chi connectivity index (χ3v) is 2.70. The number of aromatic nitrogens is 2. The van der Waals surface area contributed by atoms with Crippen LogP contribution in [0.5, 0.6) is 0 Å². The summed E-state index contributed by atoms with van der Waals surface area (Å²) in [6.07, 6.45) is 1.43. The zero-order chi connectivity index (χ0) is 13.8. The van der Waals surface area contributed by atoms with Crippen molar-refractivity contribution in [2.75, 3.05) is 5.32 Å². The van der Waals surface area contributed by atoms with E-state index in [4.69, 9.17) is 17.3 Å². The standard InChI is InChI=1S/C12H11ClN4O2/c13-8-3-1-7(2-4-8)5-10(18)16-12-9(11(14)19)6-15-17-12/h1-4,6H,5H2,(H2,14,19)(H2,15,16,17,18). The van der Waals surface area contributed by atoms with Crippen LogP contribution in [0.1, 0.15) is 15.9 Å². The highest BCUT2D eigenvalue weighted by Crippen LogP contribution is 2.12. The van der Waals surface area contributed by atoms with Crippen LogP contribution in [-0.4, -0.2) is 22.0 Å². The molecule has 0 aliphatic carbocycles. The van der Waals surface area contributed by atoms with Crippen molar-refractivity contribution < 1.29 is 9.59 Å². The number of halogens is 1. The smallest absolute Gasteiger partial charge is 0.254 e. The predicted molar refractivity (Wildman–Crippen MR) is 70.9 cm³/mol. The Kier molecular flexibility index (Phi) is 3.82. The summed E-state index contributed by atoms with van der Waals surface area (Å²) in [5, 5.41) is 9.32. The lowest BCUT2D eigenvalue weighted by molar-refractivity contribution is -0.115. The van der Waals surface area contributed by atoms with Gasteiger partial charge >= 0.3 is 0 Å². The lowest BCUT2D eigenvalue weighted by Crippen LogP contribution is -2.18. The monoisotopic (exact) mass is 278 g/mol. The lowest BCUT2D eigenvalue weighted by atomic mass is 10.1. The molecule has 98 valence electrons. The number of hydrogen-bond acceptors (Lipinski definition) is 3. The van der Waals surface area contributed by atoms with Crippen LogP contribution in [0.15, 0.2) is 30.5 Å². The SMILES string of the molecule is NC(=O)c1cn[nH]c1NC(=O)Cc1ccc(Cl)cc1. The van der Waals surface area contributed by atoms with Crippen LogP contribution in [0.4, 0.5) is 5.82 Å². The molecule has 0 atom stereocenters. The Labute approximate surface area is 113 Å². The fourth-order valence-electron chi connectivity index (χ4n) is 1.54. The van der Waals surface area contributed by atoms with Gasteiger partial charge in [0, 0.05) is 5.02 Å². The van der Waals surface area contributed by atoms with Crippen LogP contribution in [0.25, 0.3) is 0 Å². The molecule has 0 saturated carbocycles. The maximum absolute atomic E-state index is 11.8. The predicted octanol–water partition coefficient (Wildman–Crippen LogP) is 1.34. The normalized spacial score (nSPS) is 10.2. The second kappa shape index (κ2) is 5.53. The largest absolute Gasteiger partial charge is 0.365 e. The Morgan fingerprint density at radius 1 is 1.32 bits per heavy atom. The number of benzene rings is 1. The summed E-state index contributed by atoms with van der Waals surface area (Å²) in [6.45, 7) is 0. The zero-order valence-corrected chi connectivity index (χ0v) is 10.6. The van der Waals surface area contributed by atoms with E-state index in [1.807, 2.05) is 0 Å². The summed E-state index contributed by atoms with van der Waals surface area (Å²) in [5.74, 6) is -0.740. The number of hydrogen-bond donors (Lipinski definition) is 3. The summed E-state index contributed by atoms with van der Waals surface area (Å²) in [4.78, 5) is 22.9. The molecule has 0 radical (unpaired) electrons. The molecule has 1 heterocycles. The van der Waals surface area contributed by atoms with Crippen LogP contribution >= 0.6 is 11.6 Å². The Morgan fingerprint density at radius 3 is 2.63 bits per heavy atom. The van der Waals surface area contributed by atoms with E-state index in [0.717, 1.165) is 5.56 Å². The second-order valence-electron chi connectivity index (χ2n) is 3.87. The molecule has 6 nitrogen and oxygen atoms in total. The first-order chi connectivity index (χ1) is 9.06. The number of nitrogens with two attached hydrogens (primary N) is 1. The van der Waals surface area contributed by atoms with Crippen LogP contribution in [0.3, 0.4) is 0 Å². The van der Waals surface area contributed by atoms with Crippen LogP contribution in [-0.2, 0) is 11.2 Å². The van der Waals surface area contributed by atoms with E-state index in [0.29, 0.717) is 5.02 Å². The highest BCUT2D eigenvalue weighted by molar-refractivity contribution is 6.30. The molecule has 0 spiro atoms. The number of carbonyl (C=O) groups is 2. The van der Waals surface area contributed by atoms with Crippen LogP contribution in [0.2, 0.25) is 5.02 Å². The number of H-pyrrole nitrogens is 1. The number of anilines is 1. The van der Waals surface area contributed by atoms with Crippen molar-refractivity contribution in [3.05, 3.63) is 46.6 Å². The molecule has 7 heteroatoms. The summed E-state index contributed by atoms with van der Waals surface area (Å²) < 4.78 is 0. The van der Waals surface area contributed by atoms with Gasteiger partial charge in [-0.1, -0.05) is 23.7 Å². The summed E-state index contributed by atoms with van der Waals surface area (Å²) in [5.41, 5.74) is 6.09. The van der Waals surface area contributed by atoms with Gasteiger partial charge in [0.25, 0.3) is 5.91 Å². The van der Waals surface area contributed by atoms with Crippen molar-refractivity contribution in [1.29, 1.82) is 0 Å². The average molecular weight is 279 g/mol. The Balaban J connectivity index is 2.03. The minimum absolute atomic E-state index is 0.143. The first kappa shape index (κ1) is 13.1. The highest BCUT2D eigenvalue weighted by Gasteiger charge is 2.13. The third kappa shape index (κ3) is 3.32. The Bertz CT molecular complexity index is 606. The van der Waals surface area contributed by atoms with Gasteiger partial charge in [-0.2, -0.15) is 5.10 Å². The molecule has 2 amide bonds. The van der Waals surface area contributed by atoms with Gasteiger partial charge in [-0.25, -0.2) is 0 Å². The summed E-state index contributed by atoms with van der Waals surface area (Å²) >= 11 is 5.75. The Hall–Kier alpha value is -2.34. The van der Waals surface area contributed by atoms with Crippen molar-refractivity contribution in [3.8, 4) is 0 Å². The number of nitrogens with one attached hydrogen (secondary N) is 2. The van der Waals surface area contributed by atoms with Crippen molar-refractivity contribution in [3.63, 3.8) is 0 Å². The van der Waals surface area contributed by atoms with Crippen molar-refractivity contribution in [2.24, 2.45) is 5.73 Å². The maximum atomic E-state index is 11.8. The number of amides is 2. The third-order valence-electron chi connectivity index (χ3n) is 2.45. The molecule has 1 aromatic heterocycles. The van der Waals surface area contributed by atoms with E-state index < -0.39 is 5.91 Å². The quantitative estimate of drug-likeness (QED) is 0.786. The van der Waals surface area contributed by atoms with Crippen molar-refractivity contribution in [2.45, 2.75) is 6.42 Å². The number of carbonyl (C=O) groups excluding carboxylic acids is 2. The lowest BCUT2D eigenvalue weighted by Gasteiger charge is -2.04. The van der Waals surface area contributed by atoms with Crippen LogP contribution < -0.4 is 11.1 Å². The molecule has 0 saturated heterocycles. The fraction of sp³-hybridized carbons (Fsp3) is 0.0833. The molecule has 0 aliphatic rings. The number of nitrogens with zero attached hydrogens (tertiary/aromatic N) is 1. The molecule has 4 N–H and O–H groups in total. The first-order valence-corrected chi connectivity index (χ1v) is 5.81. The van der Waals surface area contributed by atoms with E-state index in [2.05, 4.69) is 15.5 Å². The average Bonchev–Trinajstić information content (AvgIpc) is 2.80. The van der Waals surface area contributed by atoms with Gasteiger partial charge in [0.05, 0.1) is 12.6 Å². The van der Waals surface area contributed by atoms with Crippen LogP contribution in [0, 0.1) is 0 Å². The van der Waals surface area contributed by atoms with Crippen molar-refractivity contribution >= 4 is 29.2 Å². The first-order valence-electron chi connectivity index (χ1n) is 5.43. The van der Waals surface area contributed by atoms with Gasteiger partial charge in [-0.3, -0.25) is 14.7 Å². The summed E-state index contributed by atoms with van der Waals surface area (Å²) in [7, 11) is 0. The van der Waals surface area contributed by atoms with E-state index in [9.17, 15) is 9.59 Å². The molecule has 2 rings (SSSR count). The molecule has 0 unspecified atom stereocenters. The number of rotatable bonds is 4. The summed E-state index contributed by atoms with van der Waals surface area (Å²) in [6, 6.07) is 6.91. The van der Waals surface area contributed by atoms with Gasteiger partial charge < -0.3 is 11.1 Å². The zero-order valence-electron chi connectivity index (χ0n) is 9.81. The molecule has 0 aliphatic heterocycles. The molecule has 0 bridgehead atoms. The minimum atomic E-state index is -0.657. The number of primary amides is 1. The fourth-order valence-corrected chi connectivity index (χ4v) is 1.67. The minimum Gasteiger partial charge on any atom is -0.365 e. The molecule has 2 aromatic rings. The van der Waals surface area contributed by atoms with Gasteiger partial charge in [0.1, 0.15) is 11.4 Å². The van der Waals surface area contributed by atoms with Gasteiger partial charge in [0.2, 0.25) is 5.91 Å². The molecule has 0 fully saturated rings. The van der Waals surface area contributed by atoms with Gasteiger partial charge in [-0.15, -0.1) is 0 Å². The topological polar surface area (TPSA) is 101 Å². The molecule has 1 aromatic carbocycles. The highest BCUT2D eigenvalue weighted by atomic mass is 35.5. The van der Waals surface area contributed by atoms with Gasteiger partial charge in [0.15, 0.2) is 0 Å². The van der Waals surface area contributed by atoms with E-state index in [-0.39, 0.29) is 23.7 Å². The van der Waals surface area contributed by atoms with Gasteiger partial charge in [-0.05, 0) is 17.7 Å². The van der Waals surface area contributed by atoms with E-state index in [1.54, 1.807) is 24.3 Å².